The monoisotopic (exact) mass is 314 g/mol. The van der Waals surface area contributed by atoms with Crippen molar-refractivity contribution in [1.82, 2.24) is 4.90 Å². The Morgan fingerprint density at radius 2 is 2.30 bits per heavy atom. The number of nitriles is 1. The third kappa shape index (κ3) is 3.06. The van der Waals surface area contributed by atoms with Gasteiger partial charge in [-0.2, -0.15) is 5.26 Å². The molecule has 0 spiro atoms. The number of rotatable bonds is 4. The van der Waals surface area contributed by atoms with Gasteiger partial charge in [0.1, 0.15) is 20.8 Å². The second-order valence-corrected chi connectivity index (χ2v) is 8.16. The van der Waals surface area contributed by atoms with Crippen LogP contribution in [-0.2, 0) is 9.84 Å². The molecule has 1 fully saturated rings. The number of anilines is 2. The van der Waals surface area contributed by atoms with Crippen LogP contribution >= 0.6 is 11.3 Å². The molecule has 1 aliphatic heterocycles. The van der Waals surface area contributed by atoms with Gasteiger partial charge in [-0.05, 0) is 25.9 Å². The Kier molecular flexibility index (Phi) is 4.22. The van der Waals surface area contributed by atoms with Gasteiger partial charge in [-0.15, -0.1) is 11.3 Å². The van der Waals surface area contributed by atoms with Crippen molar-refractivity contribution in [1.29, 1.82) is 5.26 Å². The first kappa shape index (κ1) is 15.1. The predicted octanol–water partition coefficient (Wildman–Crippen LogP) is 0.969. The number of likely N-dealkylation sites (tertiary alicyclic amines) is 1. The number of nitrogens with one attached hydrogen (secondary N) is 1. The summed E-state index contributed by atoms with van der Waals surface area (Å²) in [4.78, 5) is 2.55. The molecule has 1 aromatic rings. The molecule has 20 heavy (non-hydrogen) atoms. The number of sulfone groups is 1. The maximum atomic E-state index is 11.8. The van der Waals surface area contributed by atoms with Crippen LogP contribution in [-0.4, -0.2) is 46.3 Å². The van der Waals surface area contributed by atoms with Crippen molar-refractivity contribution in [2.24, 2.45) is 5.92 Å². The van der Waals surface area contributed by atoms with Gasteiger partial charge in [-0.3, -0.25) is 0 Å². The van der Waals surface area contributed by atoms with Gasteiger partial charge >= 0.3 is 0 Å². The van der Waals surface area contributed by atoms with Gasteiger partial charge in [0.25, 0.3) is 0 Å². The van der Waals surface area contributed by atoms with Crippen molar-refractivity contribution in [3.05, 3.63) is 4.88 Å². The van der Waals surface area contributed by atoms with E-state index in [0.29, 0.717) is 17.5 Å². The van der Waals surface area contributed by atoms with E-state index in [9.17, 15) is 8.42 Å². The summed E-state index contributed by atoms with van der Waals surface area (Å²) >= 11 is 1.11. The molecule has 0 amide bonds. The van der Waals surface area contributed by atoms with E-state index in [1.165, 1.54) is 0 Å². The molecule has 8 heteroatoms. The molecular formula is C12H18N4O2S2. The van der Waals surface area contributed by atoms with Crippen molar-refractivity contribution < 1.29 is 8.42 Å². The summed E-state index contributed by atoms with van der Waals surface area (Å²) in [6.45, 7) is 2.74. The van der Waals surface area contributed by atoms with Crippen molar-refractivity contribution in [2.45, 2.75) is 11.3 Å². The summed E-state index contributed by atoms with van der Waals surface area (Å²) in [5.74, 6) is 0.487. The highest BCUT2D eigenvalue weighted by molar-refractivity contribution is 7.91. The number of nitrogens with zero attached hydrogens (tertiary/aromatic N) is 2. The lowest BCUT2D eigenvalue weighted by molar-refractivity contribution is 0.399. The molecule has 2 rings (SSSR count). The first-order valence-corrected chi connectivity index (χ1v) is 8.98. The highest BCUT2D eigenvalue weighted by Gasteiger charge is 2.25. The zero-order valence-corrected chi connectivity index (χ0v) is 13.1. The zero-order chi connectivity index (χ0) is 14.9. The van der Waals surface area contributed by atoms with E-state index < -0.39 is 9.84 Å². The molecule has 3 N–H and O–H groups in total. The largest absolute Gasteiger partial charge is 0.396 e. The quantitative estimate of drug-likeness (QED) is 0.859. The summed E-state index contributed by atoms with van der Waals surface area (Å²) in [7, 11) is -1.38. The van der Waals surface area contributed by atoms with Crippen molar-refractivity contribution in [2.75, 3.05) is 44.0 Å². The Hall–Kier alpha value is -1.30. The van der Waals surface area contributed by atoms with Crippen molar-refractivity contribution >= 4 is 31.9 Å². The van der Waals surface area contributed by atoms with Gasteiger partial charge < -0.3 is 16.0 Å². The summed E-state index contributed by atoms with van der Waals surface area (Å²) in [5, 5.41) is 12.6. The Balaban J connectivity index is 2.21. The van der Waals surface area contributed by atoms with E-state index in [-0.39, 0.29) is 15.5 Å². The van der Waals surface area contributed by atoms with E-state index in [1.807, 2.05) is 6.07 Å². The summed E-state index contributed by atoms with van der Waals surface area (Å²) in [6.07, 6.45) is 2.20. The van der Waals surface area contributed by atoms with Crippen LogP contribution in [0.5, 0.6) is 0 Å². The highest BCUT2D eigenvalue weighted by Crippen LogP contribution is 2.38. The molecule has 1 aromatic heterocycles. The second-order valence-electron chi connectivity index (χ2n) is 5.18. The third-order valence-corrected chi connectivity index (χ3v) is 5.77. The molecule has 6 nitrogen and oxygen atoms in total. The normalized spacial score (nSPS) is 19.9. The van der Waals surface area contributed by atoms with Gasteiger partial charge in [-0.1, -0.05) is 0 Å². The van der Waals surface area contributed by atoms with Crippen molar-refractivity contribution in [3.63, 3.8) is 0 Å². The lowest BCUT2D eigenvalue weighted by Crippen LogP contribution is -2.19. The first-order valence-electron chi connectivity index (χ1n) is 6.27. The van der Waals surface area contributed by atoms with Crippen LogP contribution in [0.25, 0.3) is 0 Å². The van der Waals surface area contributed by atoms with Gasteiger partial charge in [0, 0.05) is 19.3 Å². The average molecular weight is 314 g/mol. The smallest absolute Gasteiger partial charge is 0.180 e. The van der Waals surface area contributed by atoms with Crippen LogP contribution in [0.4, 0.5) is 10.7 Å². The predicted molar refractivity (Wildman–Crippen MR) is 80.6 cm³/mol. The second kappa shape index (κ2) is 5.60. The van der Waals surface area contributed by atoms with Crippen LogP contribution in [0.1, 0.15) is 11.3 Å². The number of nitrogen functional groups attached to an aromatic ring is 1. The van der Waals surface area contributed by atoms with Gasteiger partial charge in [0.15, 0.2) is 9.84 Å². The molecule has 1 atom stereocenters. The number of nitrogens with two attached hydrogens (primary N) is 1. The van der Waals surface area contributed by atoms with E-state index >= 15 is 0 Å². The fourth-order valence-corrected chi connectivity index (χ4v) is 4.80. The fourth-order valence-electron chi connectivity index (χ4n) is 2.43. The first-order chi connectivity index (χ1) is 9.32. The molecule has 0 radical (unpaired) electrons. The van der Waals surface area contributed by atoms with E-state index in [1.54, 1.807) is 0 Å². The molecule has 2 heterocycles. The Labute approximate surface area is 123 Å². The van der Waals surface area contributed by atoms with Gasteiger partial charge in [0.2, 0.25) is 0 Å². The molecule has 110 valence electrons. The summed E-state index contributed by atoms with van der Waals surface area (Å²) < 4.78 is 23.6. The number of thiophene rings is 1. The van der Waals surface area contributed by atoms with Crippen LogP contribution in [0.3, 0.4) is 0 Å². The van der Waals surface area contributed by atoms with E-state index in [4.69, 9.17) is 11.0 Å². The molecule has 1 saturated heterocycles. The molecular weight excluding hydrogens is 296 g/mol. The number of hydrogen-bond acceptors (Lipinski definition) is 7. The van der Waals surface area contributed by atoms with Crippen LogP contribution < -0.4 is 11.1 Å². The highest BCUT2D eigenvalue weighted by atomic mass is 32.2. The van der Waals surface area contributed by atoms with E-state index in [2.05, 4.69) is 17.3 Å². The summed E-state index contributed by atoms with van der Waals surface area (Å²) in [6, 6.07) is 1.94. The molecule has 0 aliphatic carbocycles. The minimum atomic E-state index is -3.45. The minimum absolute atomic E-state index is 0.0606. The van der Waals surface area contributed by atoms with Gasteiger partial charge in [-0.25, -0.2) is 8.42 Å². The minimum Gasteiger partial charge on any atom is -0.396 e. The maximum absolute atomic E-state index is 11.8. The Bertz CT molecular complexity index is 645. The Morgan fingerprint density at radius 3 is 2.80 bits per heavy atom. The Morgan fingerprint density at radius 1 is 1.60 bits per heavy atom. The molecule has 1 aliphatic rings. The van der Waals surface area contributed by atoms with Crippen LogP contribution in [0.15, 0.2) is 4.90 Å². The van der Waals surface area contributed by atoms with Gasteiger partial charge in [0.05, 0.1) is 5.69 Å². The lowest BCUT2D eigenvalue weighted by Gasteiger charge is -2.12. The molecule has 1 unspecified atom stereocenters. The molecule has 0 bridgehead atoms. The SMILES string of the molecule is CN1CCC(CNc2sc(C#N)c(N)c2S(C)(=O)=O)C1. The fraction of sp³-hybridized carbons (Fsp3) is 0.583. The topological polar surface area (TPSA) is 99.2 Å². The summed E-state index contributed by atoms with van der Waals surface area (Å²) in [5.41, 5.74) is 5.83. The van der Waals surface area contributed by atoms with Crippen LogP contribution in [0, 0.1) is 17.2 Å². The zero-order valence-electron chi connectivity index (χ0n) is 11.5. The van der Waals surface area contributed by atoms with Crippen LogP contribution in [0.2, 0.25) is 0 Å². The third-order valence-electron chi connectivity index (χ3n) is 3.41. The number of hydrogen-bond donors (Lipinski definition) is 2. The molecule has 0 aromatic carbocycles. The average Bonchev–Trinajstić information content (AvgIpc) is 2.89. The van der Waals surface area contributed by atoms with E-state index in [0.717, 1.165) is 37.1 Å². The standard InChI is InChI=1S/C12H18N4O2S2/c1-16-4-3-8(7-16)6-15-12-11(20(2,17)18)10(14)9(5-13)19-12/h8,15H,3-4,6-7,14H2,1-2H3. The van der Waals surface area contributed by atoms with Crippen molar-refractivity contribution in [3.8, 4) is 6.07 Å². The molecule has 0 saturated carbocycles. The lowest BCUT2D eigenvalue weighted by atomic mass is 10.1. The maximum Gasteiger partial charge on any atom is 0.180 e.